The third kappa shape index (κ3) is 2.22. The van der Waals surface area contributed by atoms with Gasteiger partial charge in [-0.05, 0) is 29.6 Å². The number of pyridine rings is 2. The lowest BCUT2D eigenvalue weighted by Gasteiger charge is -2.07. The Morgan fingerprint density at radius 2 is 2.16 bits per heavy atom. The lowest BCUT2D eigenvalue weighted by Crippen LogP contribution is -2.20. The maximum absolute atomic E-state index is 12.3. The van der Waals surface area contributed by atoms with E-state index in [0.717, 1.165) is 4.70 Å². The van der Waals surface area contributed by atoms with Gasteiger partial charge in [0.1, 0.15) is 5.82 Å². The van der Waals surface area contributed by atoms with Crippen LogP contribution in [0.2, 0.25) is 5.02 Å². The Balaban J connectivity index is 2.08. The van der Waals surface area contributed by atoms with Gasteiger partial charge in [-0.2, -0.15) is 0 Å². The van der Waals surface area contributed by atoms with E-state index < -0.39 is 0 Å². The van der Waals surface area contributed by atoms with Crippen LogP contribution in [0.15, 0.2) is 40.6 Å². The van der Waals surface area contributed by atoms with Gasteiger partial charge in [0, 0.05) is 10.9 Å². The summed E-state index contributed by atoms with van der Waals surface area (Å²) in [5.74, 6) is 0.393. The predicted molar refractivity (Wildman–Crippen MR) is 78.8 cm³/mol. The van der Waals surface area contributed by atoms with Gasteiger partial charge >= 0.3 is 0 Å². The van der Waals surface area contributed by atoms with E-state index in [4.69, 9.17) is 17.3 Å². The minimum Gasteiger partial charge on any atom is -0.384 e. The largest absolute Gasteiger partial charge is 0.384 e. The summed E-state index contributed by atoms with van der Waals surface area (Å²) in [6.07, 6.45) is 1.75. The minimum absolute atomic E-state index is 0.0426. The van der Waals surface area contributed by atoms with Crippen molar-refractivity contribution in [3.63, 3.8) is 0 Å². The molecule has 0 aliphatic carbocycles. The fourth-order valence-electron chi connectivity index (χ4n) is 1.90. The zero-order valence-electron chi connectivity index (χ0n) is 9.84. The van der Waals surface area contributed by atoms with Crippen LogP contribution in [0.3, 0.4) is 0 Å². The molecular formula is C13H10ClN3OS. The molecule has 3 aromatic heterocycles. The molecule has 0 unspecified atom stereocenters. The number of thiophene rings is 1. The monoisotopic (exact) mass is 291 g/mol. The average Bonchev–Trinajstić information content (AvgIpc) is 2.86. The molecule has 0 saturated heterocycles. The highest BCUT2D eigenvalue weighted by Crippen LogP contribution is 2.18. The molecule has 6 heteroatoms. The number of anilines is 1. The molecule has 2 N–H and O–H groups in total. The summed E-state index contributed by atoms with van der Waals surface area (Å²) >= 11 is 7.61. The van der Waals surface area contributed by atoms with Crippen molar-refractivity contribution in [3.05, 3.63) is 56.9 Å². The van der Waals surface area contributed by atoms with Crippen molar-refractivity contribution >= 4 is 38.8 Å². The second-order valence-corrected chi connectivity index (χ2v) is 5.47. The summed E-state index contributed by atoms with van der Waals surface area (Å²) in [4.78, 5) is 16.4. The zero-order valence-corrected chi connectivity index (χ0v) is 11.4. The second-order valence-electron chi connectivity index (χ2n) is 4.11. The Bertz CT molecular complexity index is 809. The van der Waals surface area contributed by atoms with E-state index >= 15 is 0 Å². The molecule has 4 nitrogen and oxygen atoms in total. The van der Waals surface area contributed by atoms with Crippen molar-refractivity contribution in [2.45, 2.75) is 6.54 Å². The van der Waals surface area contributed by atoms with E-state index in [2.05, 4.69) is 4.98 Å². The van der Waals surface area contributed by atoms with Gasteiger partial charge in [-0.15, -0.1) is 11.3 Å². The van der Waals surface area contributed by atoms with Gasteiger partial charge < -0.3 is 10.3 Å². The Morgan fingerprint density at radius 1 is 1.32 bits per heavy atom. The van der Waals surface area contributed by atoms with Crippen molar-refractivity contribution in [2.75, 3.05) is 5.73 Å². The second kappa shape index (κ2) is 4.68. The Hall–Kier alpha value is -1.85. The van der Waals surface area contributed by atoms with Crippen molar-refractivity contribution in [2.24, 2.45) is 0 Å². The highest BCUT2D eigenvalue weighted by molar-refractivity contribution is 7.17. The highest BCUT2D eigenvalue weighted by Gasteiger charge is 2.08. The van der Waals surface area contributed by atoms with Crippen LogP contribution in [-0.4, -0.2) is 9.55 Å². The number of halogens is 1. The molecule has 3 rings (SSSR count). The highest BCUT2D eigenvalue weighted by atomic mass is 35.5. The van der Waals surface area contributed by atoms with Crippen LogP contribution in [0.1, 0.15) is 5.69 Å². The number of nitrogens with two attached hydrogens (primary N) is 1. The van der Waals surface area contributed by atoms with Crippen molar-refractivity contribution in [1.29, 1.82) is 0 Å². The normalized spacial score (nSPS) is 11.0. The zero-order chi connectivity index (χ0) is 13.4. The smallest absolute Gasteiger partial charge is 0.259 e. The van der Waals surface area contributed by atoms with E-state index in [1.807, 2.05) is 17.5 Å². The molecule has 3 aromatic rings. The first-order valence-corrected chi connectivity index (χ1v) is 6.88. The van der Waals surface area contributed by atoms with Crippen LogP contribution in [0.5, 0.6) is 0 Å². The number of nitrogen functional groups attached to an aromatic ring is 1. The van der Waals surface area contributed by atoms with Gasteiger partial charge in [0.25, 0.3) is 5.56 Å². The van der Waals surface area contributed by atoms with E-state index in [1.54, 1.807) is 34.2 Å². The lowest BCUT2D eigenvalue weighted by molar-refractivity contribution is 0.749. The van der Waals surface area contributed by atoms with Crippen LogP contribution in [0.4, 0.5) is 5.82 Å². The number of hydrogen-bond donors (Lipinski definition) is 1. The van der Waals surface area contributed by atoms with Crippen molar-refractivity contribution in [3.8, 4) is 0 Å². The molecule has 0 aromatic carbocycles. The third-order valence-corrected chi connectivity index (χ3v) is 4.08. The molecule has 0 amide bonds. The summed E-state index contributed by atoms with van der Waals surface area (Å²) < 4.78 is 2.57. The van der Waals surface area contributed by atoms with Crippen LogP contribution in [-0.2, 0) is 6.54 Å². The molecule has 0 saturated carbocycles. The van der Waals surface area contributed by atoms with Crippen LogP contribution >= 0.6 is 22.9 Å². The molecular weight excluding hydrogens is 282 g/mol. The number of nitrogens with zero attached hydrogens (tertiary/aromatic N) is 2. The van der Waals surface area contributed by atoms with Gasteiger partial charge in [-0.3, -0.25) is 4.79 Å². The molecule has 96 valence electrons. The lowest BCUT2D eigenvalue weighted by atomic mass is 10.3. The molecule has 19 heavy (non-hydrogen) atoms. The molecule has 0 radical (unpaired) electrons. The molecule has 0 aliphatic heterocycles. The standard InChI is InChI=1S/C13H10ClN3OS/c14-9-1-2-12(15)16-10(9)7-17-5-3-11-8(13(17)18)4-6-19-11/h1-6H,7H2,(H2,15,16). The first kappa shape index (κ1) is 12.2. The fourth-order valence-corrected chi connectivity index (χ4v) is 2.84. The van der Waals surface area contributed by atoms with Gasteiger partial charge in [0.15, 0.2) is 0 Å². The maximum Gasteiger partial charge on any atom is 0.259 e. The first-order chi connectivity index (χ1) is 9.15. The summed E-state index contributed by atoms with van der Waals surface area (Å²) in [5, 5.41) is 3.13. The van der Waals surface area contributed by atoms with Crippen LogP contribution in [0, 0.1) is 0 Å². The number of aromatic nitrogens is 2. The fraction of sp³-hybridized carbons (Fsp3) is 0.0769. The average molecular weight is 292 g/mol. The number of rotatable bonds is 2. The summed E-state index contributed by atoms with van der Waals surface area (Å²) in [6.45, 7) is 0.314. The van der Waals surface area contributed by atoms with Crippen molar-refractivity contribution in [1.82, 2.24) is 9.55 Å². The Labute approximate surface area is 118 Å². The van der Waals surface area contributed by atoms with Gasteiger partial charge in [0.05, 0.1) is 22.6 Å². The van der Waals surface area contributed by atoms with E-state index in [9.17, 15) is 4.79 Å². The summed E-state index contributed by atoms with van der Waals surface area (Å²) in [5.41, 5.74) is 6.19. The van der Waals surface area contributed by atoms with E-state index in [0.29, 0.717) is 28.5 Å². The molecule has 0 aliphatic rings. The van der Waals surface area contributed by atoms with Crippen LogP contribution in [0.25, 0.3) is 10.1 Å². The van der Waals surface area contributed by atoms with E-state index in [-0.39, 0.29) is 5.56 Å². The van der Waals surface area contributed by atoms with Gasteiger partial charge in [0.2, 0.25) is 0 Å². The molecule has 0 fully saturated rings. The molecule has 0 atom stereocenters. The maximum atomic E-state index is 12.3. The van der Waals surface area contributed by atoms with Crippen LogP contribution < -0.4 is 11.3 Å². The first-order valence-electron chi connectivity index (χ1n) is 5.63. The summed E-state index contributed by atoms with van der Waals surface area (Å²) in [7, 11) is 0. The SMILES string of the molecule is Nc1ccc(Cl)c(Cn2ccc3sccc3c2=O)n1. The third-order valence-electron chi connectivity index (χ3n) is 2.85. The quantitative estimate of drug-likeness (QED) is 0.790. The molecule has 0 bridgehead atoms. The summed E-state index contributed by atoms with van der Waals surface area (Å²) in [6, 6.07) is 7.07. The van der Waals surface area contributed by atoms with Gasteiger partial charge in [-0.1, -0.05) is 11.6 Å². The van der Waals surface area contributed by atoms with E-state index in [1.165, 1.54) is 0 Å². The molecule has 3 heterocycles. The topological polar surface area (TPSA) is 60.9 Å². The Morgan fingerprint density at radius 3 is 3.00 bits per heavy atom. The number of fused-ring (bicyclic) bond motifs is 1. The van der Waals surface area contributed by atoms with Gasteiger partial charge in [-0.25, -0.2) is 4.98 Å². The molecule has 0 spiro atoms. The minimum atomic E-state index is -0.0426. The van der Waals surface area contributed by atoms with Crippen molar-refractivity contribution < 1.29 is 0 Å². The number of hydrogen-bond acceptors (Lipinski definition) is 4. The Kier molecular flexibility index (Phi) is 3.00. The predicted octanol–water partition coefficient (Wildman–Crippen LogP) is 2.74.